The molecular weight excluding hydrogens is 391 g/mol. The van der Waals surface area contributed by atoms with Crippen LogP contribution in [-0.4, -0.2) is 67.4 Å². The summed E-state index contributed by atoms with van der Waals surface area (Å²) in [6.07, 6.45) is 2.21. The van der Waals surface area contributed by atoms with Gasteiger partial charge in [0, 0.05) is 31.7 Å². The standard InChI is InChI=1S/C20H25FN6O3/c1-29-16-5-4-14(12-15(16)21)18(28)22-13-17-23-19(26-6-2-3-7-26)25-20(24-17)27-8-10-30-11-9-27/h4-5,12H,2-3,6-11,13H2,1H3,(H,22,28). The second-order valence-electron chi connectivity index (χ2n) is 7.18. The molecule has 1 amide bonds. The maximum Gasteiger partial charge on any atom is 0.251 e. The van der Waals surface area contributed by atoms with Crippen molar-refractivity contribution >= 4 is 17.8 Å². The number of methoxy groups -OCH3 is 1. The molecule has 10 heteroatoms. The van der Waals surface area contributed by atoms with Crippen molar-refractivity contribution in [2.45, 2.75) is 19.4 Å². The maximum atomic E-state index is 13.9. The molecule has 160 valence electrons. The van der Waals surface area contributed by atoms with Gasteiger partial charge in [-0.1, -0.05) is 0 Å². The highest BCUT2D eigenvalue weighted by atomic mass is 19.1. The summed E-state index contributed by atoms with van der Waals surface area (Å²) in [5.41, 5.74) is 0.204. The minimum atomic E-state index is -0.587. The van der Waals surface area contributed by atoms with Crippen molar-refractivity contribution in [1.82, 2.24) is 20.3 Å². The molecule has 1 N–H and O–H groups in total. The molecule has 0 aliphatic carbocycles. The van der Waals surface area contributed by atoms with E-state index in [1.165, 1.54) is 19.2 Å². The molecule has 0 spiro atoms. The van der Waals surface area contributed by atoms with Gasteiger partial charge in [0.05, 0.1) is 26.9 Å². The molecule has 2 aliphatic rings. The van der Waals surface area contributed by atoms with Gasteiger partial charge < -0.3 is 24.6 Å². The number of benzene rings is 1. The number of hydrogen-bond acceptors (Lipinski definition) is 8. The lowest BCUT2D eigenvalue weighted by atomic mass is 10.2. The number of rotatable bonds is 6. The number of amides is 1. The Balaban J connectivity index is 1.51. The average molecular weight is 416 g/mol. The number of anilines is 2. The van der Waals surface area contributed by atoms with Gasteiger partial charge in [0.25, 0.3) is 5.91 Å². The number of aromatic nitrogens is 3. The van der Waals surface area contributed by atoms with Gasteiger partial charge in [-0.15, -0.1) is 0 Å². The zero-order chi connectivity index (χ0) is 20.9. The molecule has 0 bridgehead atoms. The van der Waals surface area contributed by atoms with Gasteiger partial charge in [0.1, 0.15) is 0 Å². The highest BCUT2D eigenvalue weighted by Crippen LogP contribution is 2.20. The molecule has 0 atom stereocenters. The molecule has 30 heavy (non-hydrogen) atoms. The molecule has 0 saturated carbocycles. The summed E-state index contributed by atoms with van der Waals surface area (Å²) < 4.78 is 24.2. The fourth-order valence-electron chi connectivity index (χ4n) is 3.51. The predicted molar refractivity (Wildman–Crippen MR) is 108 cm³/mol. The van der Waals surface area contributed by atoms with Gasteiger partial charge in [0.2, 0.25) is 11.9 Å². The molecule has 2 saturated heterocycles. The van der Waals surface area contributed by atoms with E-state index in [0.29, 0.717) is 44.0 Å². The van der Waals surface area contributed by atoms with E-state index in [1.807, 2.05) is 0 Å². The van der Waals surface area contributed by atoms with Crippen molar-refractivity contribution in [2.75, 3.05) is 56.3 Å². The number of hydrogen-bond donors (Lipinski definition) is 1. The third-order valence-electron chi connectivity index (χ3n) is 5.16. The van der Waals surface area contributed by atoms with Gasteiger partial charge in [-0.05, 0) is 31.0 Å². The predicted octanol–water partition coefficient (Wildman–Crippen LogP) is 1.39. The minimum Gasteiger partial charge on any atom is -0.494 e. The Hall–Kier alpha value is -3.01. The Bertz CT molecular complexity index is 900. The lowest BCUT2D eigenvalue weighted by Crippen LogP contribution is -2.38. The third-order valence-corrected chi connectivity index (χ3v) is 5.16. The second-order valence-corrected chi connectivity index (χ2v) is 7.18. The van der Waals surface area contributed by atoms with Crippen LogP contribution in [0, 0.1) is 5.82 Å². The number of morpholine rings is 1. The molecule has 3 heterocycles. The summed E-state index contributed by atoms with van der Waals surface area (Å²) >= 11 is 0. The zero-order valence-corrected chi connectivity index (χ0v) is 16.9. The molecule has 1 aromatic carbocycles. The molecule has 2 aromatic rings. The molecule has 1 aromatic heterocycles. The van der Waals surface area contributed by atoms with Crippen LogP contribution in [0.2, 0.25) is 0 Å². The van der Waals surface area contributed by atoms with E-state index in [2.05, 4.69) is 30.1 Å². The van der Waals surface area contributed by atoms with Gasteiger partial charge in [-0.25, -0.2) is 4.39 Å². The van der Waals surface area contributed by atoms with E-state index in [-0.39, 0.29) is 17.9 Å². The summed E-state index contributed by atoms with van der Waals surface area (Å²) in [6.45, 7) is 4.60. The Kier molecular flexibility index (Phi) is 6.22. The van der Waals surface area contributed by atoms with Crippen molar-refractivity contribution in [3.63, 3.8) is 0 Å². The quantitative estimate of drug-likeness (QED) is 0.755. The summed E-state index contributed by atoms with van der Waals surface area (Å²) in [6, 6.07) is 4.09. The lowest BCUT2D eigenvalue weighted by molar-refractivity contribution is 0.0949. The normalized spacial score (nSPS) is 16.6. The topological polar surface area (TPSA) is 92.7 Å². The van der Waals surface area contributed by atoms with Crippen molar-refractivity contribution in [3.8, 4) is 5.75 Å². The smallest absolute Gasteiger partial charge is 0.251 e. The summed E-state index contributed by atoms with van der Waals surface area (Å²) in [5.74, 6) is 0.785. The number of nitrogens with zero attached hydrogens (tertiary/aromatic N) is 5. The highest BCUT2D eigenvalue weighted by molar-refractivity contribution is 5.94. The van der Waals surface area contributed by atoms with Crippen molar-refractivity contribution in [3.05, 3.63) is 35.4 Å². The Labute approximate surface area is 174 Å². The van der Waals surface area contributed by atoms with E-state index >= 15 is 0 Å². The fourth-order valence-corrected chi connectivity index (χ4v) is 3.51. The van der Waals surface area contributed by atoms with Crippen molar-refractivity contribution in [1.29, 1.82) is 0 Å². The zero-order valence-electron chi connectivity index (χ0n) is 16.9. The molecule has 2 fully saturated rings. The number of halogens is 1. The van der Waals surface area contributed by atoms with Crippen molar-refractivity contribution < 1.29 is 18.7 Å². The number of ether oxygens (including phenoxy) is 2. The fraction of sp³-hybridized carbons (Fsp3) is 0.500. The molecule has 0 unspecified atom stereocenters. The Morgan fingerprint density at radius 3 is 2.40 bits per heavy atom. The SMILES string of the molecule is COc1ccc(C(=O)NCc2nc(N3CCCC3)nc(N3CCOCC3)n2)cc1F. The van der Waals surface area contributed by atoms with E-state index < -0.39 is 11.7 Å². The van der Waals surface area contributed by atoms with E-state index in [1.54, 1.807) is 0 Å². The first kappa shape index (κ1) is 20.3. The van der Waals surface area contributed by atoms with Crippen LogP contribution in [0.5, 0.6) is 5.75 Å². The van der Waals surface area contributed by atoms with Gasteiger partial charge >= 0.3 is 0 Å². The summed E-state index contributed by atoms with van der Waals surface area (Å²) in [7, 11) is 1.38. The van der Waals surface area contributed by atoms with Crippen LogP contribution >= 0.6 is 0 Å². The van der Waals surface area contributed by atoms with E-state index in [0.717, 1.165) is 32.0 Å². The van der Waals surface area contributed by atoms with Crippen LogP contribution in [0.15, 0.2) is 18.2 Å². The maximum absolute atomic E-state index is 13.9. The van der Waals surface area contributed by atoms with Crippen LogP contribution in [0.3, 0.4) is 0 Å². The van der Waals surface area contributed by atoms with Crippen molar-refractivity contribution in [2.24, 2.45) is 0 Å². The number of carbonyl (C=O) groups excluding carboxylic acids is 1. The number of carbonyl (C=O) groups is 1. The molecule has 2 aliphatic heterocycles. The first-order valence-corrected chi connectivity index (χ1v) is 10.1. The number of nitrogens with one attached hydrogen (secondary N) is 1. The summed E-state index contributed by atoms with van der Waals surface area (Å²) in [4.78, 5) is 30.4. The van der Waals surface area contributed by atoms with Crippen LogP contribution in [0.25, 0.3) is 0 Å². The van der Waals surface area contributed by atoms with Gasteiger partial charge in [0.15, 0.2) is 17.4 Å². The van der Waals surface area contributed by atoms with Crippen LogP contribution in [0.4, 0.5) is 16.3 Å². The molecule has 4 rings (SSSR count). The van der Waals surface area contributed by atoms with E-state index in [4.69, 9.17) is 9.47 Å². The van der Waals surface area contributed by atoms with Crippen LogP contribution in [0.1, 0.15) is 29.0 Å². The van der Waals surface area contributed by atoms with Crippen LogP contribution in [-0.2, 0) is 11.3 Å². The minimum absolute atomic E-state index is 0.0921. The summed E-state index contributed by atoms with van der Waals surface area (Å²) in [5, 5.41) is 2.77. The Morgan fingerprint density at radius 2 is 1.77 bits per heavy atom. The first-order valence-electron chi connectivity index (χ1n) is 10.1. The first-order chi connectivity index (χ1) is 14.6. The molecular formula is C20H25FN6O3. The largest absolute Gasteiger partial charge is 0.494 e. The lowest BCUT2D eigenvalue weighted by Gasteiger charge is -2.28. The van der Waals surface area contributed by atoms with Crippen LogP contribution < -0.4 is 19.9 Å². The molecule has 0 radical (unpaired) electrons. The monoisotopic (exact) mass is 416 g/mol. The van der Waals surface area contributed by atoms with Gasteiger partial charge in [-0.3, -0.25) is 4.79 Å². The second kappa shape index (κ2) is 9.21. The Morgan fingerprint density at radius 1 is 1.10 bits per heavy atom. The highest BCUT2D eigenvalue weighted by Gasteiger charge is 2.21. The third kappa shape index (κ3) is 4.59. The average Bonchev–Trinajstić information content (AvgIpc) is 3.33. The van der Waals surface area contributed by atoms with E-state index in [9.17, 15) is 9.18 Å². The van der Waals surface area contributed by atoms with Gasteiger partial charge in [-0.2, -0.15) is 15.0 Å². The molecule has 9 nitrogen and oxygen atoms in total.